The van der Waals surface area contributed by atoms with Gasteiger partial charge in [0.2, 0.25) is 5.88 Å². The molecule has 3 heterocycles. The normalized spacial score (nSPS) is 22.0. The van der Waals surface area contributed by atoms with Crippen molar-refractivity contribution in [2.45, 2.75) is 12.0 Å². The third-order valence-electron chi connectivity index (χ3n) is 5.74. The fourth-order valence-electron chi connectivity index (χ4n) is 4.34. The van der Waals surface area contributed by atoms with E-state index in [-0.39, 0.29) is 5.88 Å². The zero-order chi connectivity index (χ0) is 20.3. The van der Waals surface area contributed by atoms with Crippen LogP contribution in [-0.4, -0.2) is 15.1 Å². The molecule has 0 N–H and O–H groups in total. The minimum Gasteiger partial charge on any atom is -0.469 e. The Morgan fingerprint density at radius 3 is 2.31 bits per heavy atom. The third kappa shape index (κ3) is 2.40. The number of para-hydroxylation sites is 1. The molecule has 2 aliphatic rings. The minimum atomic E-state index is -0.745. The summed E-state index contributed by atoms with van der Waals surface area (Å²) < 4.78 is 14.1. The maximum atomic E-state index is 13.1. The van der Waals surface area contributed by atoms with Crippen LogP contribution in [0.3, 0.4) is 0 Å². The van der Waals surface area contributed by atoms with E-state index < -0.39 is 35.2 Å². The van der Waals surface area contributed by atoms with Crippen molar-refractivity contribution < 1.29 is 14.3 Å². The zero-order valence-corrected chi connectivity index (χ0v) is 15.9. The van der Waals surface area contributed by atoms with Crippen molar-refractivity contribution in [1.82, 2.24) is 9.13 Å². The van der Waals surface area contributed by atoms with E-state index in [0.717, 1.165) is 15.7 Å². The lowest BCUT2D eigenvalue weighted by atomic mass is 9.73. The third-order valence-corrected chi connectivity index (χ3v) is 5.74. The summed E-state index contributed by atoms with van der Waals surface area (Å²) in [6, 6.07) is 16.5. The van der Waals surface area contributed by atoms with Crippen LogP contribution in [-0.2, 0) is 18.9 Å². The van der Waals surface area contributed by atoms with Crippen LogP contribution < -0.4 is 20.7 Å². The SMILES string of the molecule is Cn1c2c(c(=O)n(C)c1=O)[C@H]1c3ccccc3OC(=O)[C@H]1[C@H](c1ccccc1)O2. The number of carbonyl (C=O) groups excluding carboxylic acids is 1. The molecule has 0 bridgehead atoms. The van der Waals surface area contributed by atoms with Crippen LogP contribution in [0.5, 0.6) is 11.6 Å². The first-order chi connectivity index (χ1) is 14.0. The smallest absolute Gasteiger partial charge is 0.333 e. The number of hydrogen-bond donors (Lipinski definition) is 0. The molecule has 7 nitrogen and oxygen atoms in total. The van der Waals surface area contributed by atoms with Gasteiger partial charge in [-0.05, 0) is 11.6 Å². The summed E-state index contributed by atoms with van der Waals surface area (Å²) in [5, 5.41) is 0. The van der Waals surface area contributed by atoms with Gasteiger partial charge in [0.05, 0.1) is 5.56 Å². The molecule has 146 valence electrons. The second-order valence-electron chi connectivity index (χ2n) is 7.34. The Labute approximate surface area is 165 Å². The average Bonchev–Trinajstić information content (AvgIpc) is 2.75. The van der Waals surface area contributed by atoms with Gasteiger partial charge < -0.3 is 9.47 Å². The summed E-state index contributed by atoms with van der Waals surface area (Å²) in [6.07, 6.45) is -0.688. The second kappa shape index (κ2) is 6.20. The van der Waals surface area contributed by atoms with Crippen molar-refractivity contribution in [3.63, 3.8) is 0 Å². The van der Waals surface area contributed by atoms with E-state index in [1.54, 1.807) is 19.2 Å². The summed E-state index contributed by atoms with van der Waals surface area (Å²) in [5.41, 5.74) is 0.867. The molecule has 0 fully saturated rings. The Bertz CT molecular complexity index is 1260. The number of hydrogen-bond acceptors (Lipinski definition) is 5. The molecule has 0 saturated carbocycles. The molecular weight excluding hydrogens is 372 g/mol. The molecule has 7 heteroatoms. The van der Waals surface area contributed by atoms with Gasteiger partial charge >= 0.3 is 11.7 Å². The van der Waals surface area contributed by atoms with Crippen molar-refractivity contribution in [2.75, 3.05) is 0 Å². The maximum absolute atomic E-state index is 13.1. The maximum Gasteiger partial charge on any atom is 0.333 e. The molecule has 3 aromatic rings. The van der Waals surface area contributed by atoms with Crippen LogP contribution in [0.2, 0.25) is 0 Å². The summed E-state index contributed by atoms with van der Waals surface area (Å²) in [7, 11) is 2.99. The summed E-state index contributed by atoms with van der Waals surface area (Å²) >= 11 is 0. The number of carbonyl (C=O) groups is 1. The molecule has 3 atom stereocenters. The summed E-state index contributed by atoms with van der Waals surface area (Å²) in [4.78, 5) is 38.7. The minimum absolute atomic E-state index is 0.192. The fraction of sp³-hybridized carbons (Fsp3) is 0.227. The number of benzene rings is 2. The van der Waals surface area contributed by atoms with E-state index in [1.165, 1.54) is 11.6 Å². The van der Waals surface area contributed by atoms with E-state index in [0.29, 0.717) is 11.3 Å². The molecule has 0 radical (unpaired) electrons. The highest BCUT2D eigenvalue weighted by Crippen LogP contribution is 2.52. The molecule has 0 unspecified atom stereocenters. The van der Waals surface area contributed by atoms with Gasteiger partial charge in [-0.1, -0.05) is 48.5 Å². The van der Waals surface area contributed by atoms with Crippen molar-refractivity contribution in [2.24, 2.45) is 20.0 Å². The average molecular weight is 390 g/mol. The monoisotopic (exact) mass is 390 g/mol. The van der Waals surface area contributed by atoms with Crippen LogP contribution in [0.25, 0.3) is 0 Å². The van der Waals surface area contributed by atoms with Crippen molar-refractivity contribution >= 4 is 5.97 Å². The first-order valence-electron chi connectivity index (χ1n) is 9.31. The first-order valence-corrected chi connectivity index (χ1v) is 9.31. The summed E-state index contributed by atoms with van der Waals surface area (Å²) in [5.74, 6) is -1.16. The van der Waals surface area contributed by atoms with Gasteiger partial charge in [-0.25, -0.2) is 4.79 Å². The Hall–Kier alpha value is -3.61. The van der Waals surface area contributed by atoms with Gasteiger partial charge in [-0.3, -0.25) is 18.7 Å². The van der Waals surface area contributed by atoms with E-state index >= 15 is 0 Å². The number of nitrogens with zero attached hydrogens (tertiary/aromatic N) is 2. The molecule has 29 heavy (non-hydrogen) atoms. The predicted octanol–water partition coefficient (Wildman–Crippen LogP) is 1.88. The quantitative estimate of drug-likeness (QED) is 0.468. The van der Waals surface area contributed by atoms with Gasteiger partial charge in [-0.15, -0.1) is 0 Å². The number of fused-ring (bicyclic) bond motifs is 5. The van der Waals surface area contributed by atoms with Crippen LogP contribution in [0.4, 0.5) is 0 Å². The second-order valence-corrected chi connectivity index (χ2v) is 7.34. The van der Waals surface area contributed by atoms with E-state index in [2.05, 4.69) is 0 Å². The Morgan fingerprint density at radius 2 is 1.55 bits per heavy atom. The fourth-order valence-corrected chi connectivity index (χ4v) is 4.34. The molecule has 1 aromatic heterocycles. The molecule has 5 rings (SSSR count). The predicted molar refractivity (Wildman–Crippen MR) is 104 cm³/mol. The molecule has 2 aromatic carbocycles. The van der Waals surface area contributed by atoms with Crippen molar-refractivity contribution in [3.05, 3.63) is 92.1 Å². The molecule has 0 saturated heterocycles. The molecule has 0 amide bonds. The highest BCUT2D eigenvalue weighted by atomic mass is 16.5. The van der Waals surface area contributed by atoms with E-state index in [4.69, 9.17) is 9.47 Å². The van der Waals surface area contributed by atoms with E-state index in [1.807, 2.05) is 42.5 Å². The Morgan fingerprint density at radius 1 is 0.862 bits per heavy atom. The van der Waals surface area contributed by atoms with Crippen LogP contribution >= 0.6 is 0 Å². The topological polar surface area (TPSA) is 79.5 Å². The molecular formula is C22H18N2O5. The lowest BCUT2D eigenvalue weighted by Gasteiger charge is -2.41. The van der Waals surface area contributed by atoms with Gasteiger partial charge in [0.25, 0.3) is 5.56 Å². The first kappa shape index (κ1) is 17.5. The van der Waals surface area contributed by atoms with Gasteiger partial charge in [0, 0.05) is 25.6 Å². The van der Waals surface area contributed by atoms with Gasteiger partial charge in [-0.2, -0.15) is 0 Å². The highest BCUT2D eigenvalue weighted by Gasteiger charge is 2.51. The Kier molecular flexibility index (Phi) is 3.74. The van der Waals surface area contributed by atoms with Crippen molar-refractivity contribution in [3.8, 4) is 11.6 Å². The van der Waals surface area contributed by atoms with Gasteiger partial charge in [0.15, 0.2) is 0 Å². The van der Waals surface area contributed by atoms with Crippen LogP contribution in [0.15, 0.2) is 64.2 Å². The summed E-state index contributed by atoms with van der Waals surface area (Å²) in [6.45, 7) is 0. The van der Waals surface area contributed by atoms with Crippen molar-refractivity contribution in [1.29, 1.82) is 0 Å². The van der Waals surface area contributed by atoms with Crippen LogP contribution in [0.1, 0.15) is 28.7 Å². The number of esters is 1. The van der Waals surface area contributed by atoms with Crippen LogP contribution in [0, 0.1) is 5.92 Å². The number of aromatic nitrogens is 2. The molecule has 0 spiro atoms. The van der Waals surface area contributed by atoms with Gasteiger partial charge in [0.1, 0.15) is 17.8 Å². The molecule has 2 aliphatic heterocycles. The lowest BCUT2D eigenvalue weighted by Crippen LogP contribution is -2.48. The largest absolute Gasteiger partial charge is 0.469 e. The number of rotatable bonds is 1. The zero-order valence-electron chi connectivity index (χ0n) is 15.9. The Balaban J connectivity index is 1.86. The van der Waals surface area contributed by atoms with E-state index in [9.17, 15) is 14.4 Å². The standard InChI is InChI=1S/C22H18N2O5/c1-23-19(25)17-15-13-10-6-7-11-14(13)28-21(26)16(15)18(12-8-4-3-5-9-12)29-20(17)24(2)22(23)27/h3-11,15-16,18H,1-2H3/t15-,16+,18-/m0/s1. The molecule has 0 aliphatic carbocycles. The number of ether oxygens (including phenoxy) is 2. The highest BCUT2D eigenvalue weighted by molar-refractivity contribution is 5.82. The lowest BCUT2D eigenvalue weighted by molar-refractivity contribution is -0.145.